The molecule has 0 spiro atoms. The number of rotatable bonds is 1. The number of aromatic amines is 1. The van der Waals surface area contributed by atoms with Gasteiger partial charge in [0.05, 0.1) is 5.39 Å². The zero-order valence-electron chi connectivity index (χ0n) is 9.44. The van der Waals surface area contributed by atoms with Crippen LogP contribution < -0.4 is 5.73 Å². The van der Waals surface area contributed by atoms with Crippen molar-refractivity contribution in [2.75, 3.05) is 5.73 Å². The number of nitrogens with zero attached hydrogens (tertiary/aromatic N) is 2. The highest BCUT2D eigenvalue weighted by Crippen LogP contribution is 2.23. The lowest BCUT2D eigenvalue weighted by Crippen LogP contribution is -1.96. The van der Waals surface area contributed by atoms with E-state index in [4.69, 9.17) is 5.73 Å². The molecule has 0 aliphatic rings. The molecule has 4 heteroatoms. The SMILES string of the molecule is Cc1cc2c(N)nc(-c3ccccc3)nc2[nH]1. The summed E-state index contributed by atoms with van der Waals surface area (Å²) in [6.45, 7) is 1.98. The zero-order chi connectivity index (χ0) is 11.8. The highest BCUT2D eigenvalue weighted by atomic mass is 15.0. The minimum absolute atomic E-state index is 0.512. The number of hydrogen-bond donors (Lipinski definition) is 2. The maximum absolute atomic E-state index is 5.94. The number of nitrogens with one attached hydrogen (secondary N) is 1. The van der Waals surface area contributed by atoms with Crippen molar-refractivity contribution in [3.63, 3.8) is 0 Å². The van der Waals surface area contributed by atoms with E-state index in [1.54, 1.807) is 0 Å². The molecular formula is C13H12N4. The Morgan fingerprint density at radius 1 is 1.12 bits per heavy atom. The quantitative estimate of drug-likeness (QED) is 0.667. The summed E-state index contributed by atoms with van der Waals surface area (Å²) in [5, 5.41) is 0.877. The Bertz CT molecular complexity index is 670. The number of anilines is 1. The normalized spacial score (nSPS) is 10.9. The van der Waals surface area contributed by atoms with Gasteiger partial charge in [0.1, 0.15) is 11.5 Å². The molecule has 2 heterocycles. The summed E-state index contributed by atoms with van der Waals surface area (Å²) in [6.07, 6.45) is 0. The Kier molecular flexibility index (Phi) is 2.08. The number of benzene rings is 1. The fourth-order valence-corrected chi connectivity index (χ4v) is 1.88. The van der Waals surface area contributed by atoms with Gasteiger partial charge in [-0.2, -0.15) is 0 Å². The van der Waals surface area contributed by atoms with Crippen LogP contribution in [0.15, 0.2) is 36.4 Å². The molecule has 0 saturated carbocycles. The van der Waals surface area contributed by atoms with Gasteiger partial charge in [0.15, 0.2) is 5.82 Å². The molecule has 0 amide bonds. The molecule has 1 aromatic carbocycles. The lowest BCUT2D eigenvalue weighted by Gasteiger charge is -2.01. The van der Waals surface area contributed by atoms with Crippen molar-refractivity contribution in [3.05, 3.63) is 42.1 Å². The number of aromatic nitrogens is 3. The second-order valence-electron chi connectivity index (χ2n) is 4.01. The van der Waals surface area contributed by atoms with Crippen LogP contribution in [0.3, 0.4) is 0 Å². The predicted molar refractivity (Wildman–Crippen MR) is 68.5 cm³/mol. The fraction of sp³-hybridized carbons (Fsp3) is 0.0769. The molecule has 0 aliphatic heterocycles. The Morgan fingerprint density at radius 2 is 1.88 bits per heavy atom. The highest BCUT2D eigenvalue weighted by molar-refractivity contribution is 5.88. The van der Waals surface area contributed by atoms with Crippen LogP contribution in [0.4, 0.5) is 5.82 Å². The van der Waals surface area contributed by atoms with Crippen LogP contribution in [0.25, 0.3) is 22.4 Å². The average Bonchev–Trinajstić information content (AvgIpc) is 2.71. The third-order valence-corrected chi connectivity index (χ3v) is 2.68. The molecule has 3 rings (SSSR count). The van der Waals surface area contributed by atoms with E-state index in [0.29, 0.717) is 11.6 Å². The van der Waals surface area contributed by atoms with Gasteiger partial charge < -0.3 is 10.7 Å². The molecular weight excluding hydrogens is 212 g/mol. The molecule has 3 aromatic rings. The Morgan fingerprint density at radius 3 is 2.65 bits per heavy atom. The zero-order valence-corrected chi connectivity index (χ0v) is 9.44. The molecule has 17 heavy (non-hydrogen) atoms. The van der Waals surface area contributed by atoms with Crippen molar-refractivity contribution in [2.45, 2.75) is 6.92 Å². The van der Waals surface area contributed by atoms with Gasteiger partial charge >= 0.3 is 0 Å². The monoisotopic (exact) mass is 224 g/mol. The first-order valence-electron chi connectivity index (χ1n) is 5.42. The van der Waals surface area contributed by atoms with Gasteiger partial charge in [-0.1, -0.05) is 30.3 Å². The van der Waals surface area contributed by atoms with E-state index in [-0.39, 0.29) is 0 Å². The molecule has 3 N–H and O–H groups in total. The number of aryl methyl sites for hydroxylation is 1. The third kappa shape index (κ3) is 1.63. The molecule has 0 unspecified atom stereocenters. The van der Waals surface area contributed by atoms with Crippen LogP contribution in [-0.2, 0) is 0 Å². The highest BCUT2D eigenvalue weighted by Gasteiger charge is 2.08. The molecule has 4 nitrogen and oxygen atoms in total. The molecule has 0 aliphatic carbocycles. The van der Waals surface area contributed by atoms with Gasteiger partial charge in [0.2, 0.25) is 0 Å². The molecule has 0 bridgehead atoms. The maximum atomic E-state index is 5.94. The summed E-state index contributed by atoms with van der Waals surface area (Å²) in [4.78, 5) is 12.0. The van der Waals surface area contributed by atoms with Crippen molar-refractivity contribution in [2.24, 2.45) is 0 Å². The lowest BCUT2D eigenvalue weighted by atomic mass is 10.2. The van der Waals surface area contributed by atoms with E-state index >= 15 is 0 Å². The van der Waals surface area contributed by atoms with Crippen molar-refractivity contribution in [1.82, 2.24) is 15.0 Å². The molecule has 0 radical (unpaired) electrons. The number of H-pyrrole nitrogens is 1. The van der Waals surface area contributed by atoms with Crippen LogP contribution in [0, 0.1) is 6.92 Å². The van der Waals surface area contributed by atoms with E-state index < -0.39 is 0 Å². The smallest absolute Gasteiger partial charge is 0.163 e. The van der Waals surface area contributed by atoms with Crippen molar-refractivity contribution >= 4 is 16.9 Å². The number of nitrogen functional groups attached to an aromatic ring is 1. The van der Waals surface area contributed by atoms with Crippen LogP contribution in [0.5, 0.6) is 0 Å². The molecule has 0 saturated heterocycles. The van der Waals surface area contributed by atoms with Gasteiger partial charge in [0.25, 0.3) is 0 Å². The average molecular weight is 224 g/mol. The minimum atomic E-state index is 0.512. The second-order valence-corrected chi connectivity index (χ2v) is 4.01. The Hall–Kier alpha value is -2.36. The summed E-state index contributed by atoms with van der Waals surface area (Å²) >= 11 is 0. The summed E-state index contributed by atoms with van der Waals surface area (Å²) in [5.41, 5.74) is 8.72. The lowest BCUT2D eigenvalue weighted by molar-refractivity contribution is 1.19. The fourth-order valence-electron chi connectivity index (χ4n) is 1.88. The third-order valence-electron chi connectivity index (χ3n) is 2.68. The summed E-state index contributed by atoms with van der Waals surface area (Å²) < 4.78 is 0. The first-order chi connectivity index (χ1) is 8.24. The summed E-state index contributed by atoms with van der Waals surface area (Å²) in [6, 6.07) is 11.8. The van der Waals surface area contributed by atoms with Gasteiger partial charge in [-0.15, -0.1) is 0 Å². The van der Waals surface area contributed by atoms with Crippen LogP contribution in [0.2, 0.25) is 0 Å². The standard InChI is InChI=1S/C13H12N4/c1-8-7-10-11(14)16-12(17-13(10)15-8)9-5-3-2-4-6-9/h2-7H,1H3,(H3,14,15,16,17). The topological polar surface area (TPSA) is 67.6 Å². The molecule has 0 atom stereocenters. The molecule has 0 fully saturated rings. The van der Waals surface area contributed by atoms with Gasteiger partial charge in [-0.05, 0) is 13.0 Å². The van der Waals surface area contributed by atoms with E-state index in [1.807, 2.05) is 43.3 Å². The van der Waals surface area contributed by atoms with Gasteiger partial charge in [0, 0.05) is 11.3 Å². The van der Waals surface area contributed by atoms with E-state index in [9.17, 15) is 0 Å². The first kappa shape index (κ1) is 9.84. The predicted octanol–water partition coefficient (Wildman–Crippen LogP) is 2.52. The molecule has 2 aromatic heterocycles. The van der Waals surface area contributed by atoms with E-state index in [0.717, 1.165) is 22.3 Å². The van der Waals surface area contributed by atoms with Gasteiger partial charge in [-0.3, -0.25) is 0 Å². The minimum Gasteiger partial charge on any atom is -0.383 e. The van der Waals surface area contributed by atoms with E-state index in [2.05, 4.69) is 15.0 Å². The summed E-state index contributed by atoms with van der Waals surface area (Å²) in [5.74, 6) is 1.16. The maximum Gasteiger partial charge on any atom is 0.163 e. The Labute approximate surface area is 98.5 Å². The van der Waals surface area contributed by atoms with Crippen molar-refractivity contribution < 1.29 is 0 Å². The van der Waals surface area contributed by atoms with Gasteiger partial charge in [-0.25, -0.2) is 9.97 Å². The second kappa shape index (κ2) is 3.59. The number of fused-ring (bicyclic) bond motifs is 1. The van der Waals surface area contributed by atoms with Crippen LogP contribution in [-0.4, -0.2) is 15.0 Å². The Balaban J connectivity index is 2.25. The van der Waals surface area contributed by atoms with E-state index in [1.165, 1.54) is 0 Å². The number of hydrogen-bond acceptors (Lipinski definition) is 3. The first-order valence-corrected chi connectivity index (χ1v) is 5.42. The van der Waals surface area contributed by atoms with Crippen molar-refractivity contribution in [3.8, 4) is 11.4 Å². The summed E-state index contributed by atoms with van der Waals surface area (Å²) in [7, 11) is 0. The van der Waals surface area contributed by atoms with Crippen LogP contribution in [0.1, 0.15) is 5.69 Å². The van der Waals surface area contributed by atoms with Crippen molar-refractivity contribution in [1.29, 1.82) is 0 Å². The van der Waals surface area contributed by atoms with Crippen LogP contribution >= 0.6 is 0 Å². The largest absolute Gasteiger partial charge is 0.383 e. The molecule has 84 valence electrons. The number of nitrogens with two attached hydrogens (primary N) is 1.